The average molecular weight is 514 g/mol. The smallest absolute Gasteiger partial charge is 0.335 e. The molecular formula is C27H23N5O4S. The Labute approximate surface area is 216 Å². The number of thiazole rings is 1. The molecule has 3 N–H and O–H groups in total. The van der Waals surface area contributed by atoms with Crippen molar-refractivity contribution in [3.8, 4) is 22.9 Å². The second-order valence-corrected chi connectivity index (χ2v) is 8.87. The molecule has 5 rings (SSSR count). The molecule has 0 saturated heterocycles. The minimum Gasteiger partial charge on any atom is -0.493 e. The molecule has 0 bridgehead atoms. The number of carboxylic acid groups (broad SMARTS) is 1. The van der Waals surface area contributed by atoms with Gasteiger partial charge in [0, 0.05) is 29.5 Å². The molecule has 0 spiro atoms. The monoisotopic (exact) mass is 513 g/mol. The van der Waals surface area contributed by atoms with Crippen molar-refractivity contribution in [1.82, 2.24) is 15.0 Å². The summed E-state index contributed by atoms with van der Waals surface area (Å²) in [7, 11) is 3.19. The molecule has 9 nitrogen and oxygen atoms in total. The molecule has 2 aromatic heterocycles. The van der Waals surface area contributed by atoms with Crippen LogP contribution in [-0.4, -0.2) is 40.2 Å². The Kier molecular flexibility index (Phi) is 6.82. The lowest BCUT2D eigenvalue weighted by Crippen LogP contribution is -2.02. The van der Waals surface area contributed by atoms with Gasteiger partial charge in [-0.2, -0.15) is 0 Å². The van der Waals surface area contributed by atoms with Crippen LogP contribution in [-0.2, 0) is 6.54 Å². The largest absolute Gasteiger partial charge is 0.493 e. The van der Waals surface area contributed by atoms with E-state index in [4.69, 9.17) is 24.5 Å². The van der Waals surface area contributed by atoms with Gasteiger partial charge in [0.2, 0.25) is 0 Å². The van der Waals surface area contributed by atoms with E-state index in [1.165, 1.54) is 11.3 Å². The third kappa shape index (κ3) is 5.29. The highest BCUT2D eigenvalue weighted by Gasteiger charge is 2.14. The van der Waals surface area contributed by atoms with Gasteiger partial charge in [-0.15, -0.1) is 11.3 Å². The van der Waals surface area contributed by atoms with Gasteiger partial charge in [0.15, 0.2) is 23.1 Å². The van der Waals surface area contributed by atoms with Crippen LogP contribution in [0.2, 0.25) is 0 Å². The summed E-state index contributed by atoms with van der Waals surface area (Å²) in [6.07, 6.45) is 0. The lowest BCUT2D eigenvalue weighted by molar-refractivity contribution is 0.0697. The fraction of sp³-hybridized carbons (Fsp3) is 0.111. The standard InChI is InChI=1S/C27H23N5O4S/c1-35-21-11-10-20(13-22(21)36-2)30-25-23-26(37-15-29-23)32-24(31-25)18-5-3-4-16(12-18)14-28-19-8-6-17(7-9-19)27(33)34/h3-13,15,28H,14H2,1-2H3,(H,33,34)(H,30,31,32). The number of carboxylic acids is 1. The van der Waals surface area contributed by atoms with E-state index in [2.05, 4.69) is 15.6 Å². The number of carbonyl (C=O) groups is 1. The van der Waals surface area contributed by atoms with E-state index in [0.717, 1.165) is 27.3 Å². The van der Waals surface area contributed by atoms with Crippen molar-refractivity contribution in [2.24, 2.45) is 0 Å². The van der Waals surface area contributed by atoms with Crippen LogP contribution in [0.1, 0.15) is 15.9 Å². The number of nitrogens with zero attached hydrogens (tertiary/aromatic N) is 3. The molecule has 0 saturated carbocycles. The summed E-state index contributed by atoms with van der Waals surface area (Å²) in [4.78, 5) is 25.8. The minimum absolute atomic E-state index is 0.251. The zero-order valence-electron chi connectivity index (χ0n) is 20.1. The van der Waals surface area contributed by atoms with Crippen LogP contribution >= 0.6 is 11.3 Å². The van der Waals surface area contributed by atoms with Crippen LogP contribution in [0.5, 0.6) is 11.5 Å². The third-order valence-corrected chi connectivity index (χ3v) is 6.38. The number of ether oxygens (including phenoxy) is 2. The Hall–Kier alpha value is -4.70. The first-order chi connectivity index (χ1) is 18.0. The Morgan fingerprint density at radius 2 is 1.73 bits per heavy atom. The molecular weight excluding hydrogens is 490 g/mol. The number of aromatic carboxylic acids is 1. The maximum absolute atomic E-state index is 11.1. The molecule has 0 amide bonds. The van der Waals surface area contributed by atoms with Crippen LogP contribution in [0.4, 0.5) is 17.2 Å². The van der Waals surface area contributed by atoms with Crippen molar-refractivity contribution in [2.45, 2.75) is 6.54 Å². The molecule has 186 valence electrons. The average Bonchev–Trinajstić information content (AvgIpc) is 3.41. The Bertz CT molecular complexity index is 1570. The summed E-state index contributed by atoms with van der Waals surface area (Å²) in [5, 5.41) is 15.7. The Balaban J connectivity index is 1.40. The Morgan fingerprint density at radius 1 is 0.946 bits per heavy atom. The number of anilines is 3. The molecule has 0 fully saturated rings. The van der Waals surface area contributed by atoms with Crippen LogP contribution in [0, 0.1) is 0 Å². The minimum atomic E-state index is -0.947. The summed E-state index contributed by atoms with van der Waals surface area (Å²) < 4.78 is 10.8. The molecule has 0 unspecified atom stereocenters. The maximum Gasteiger partial charge on any atom is 0.335 e. The number of hydrogen-bond acceptors (Lipinski definition) is 9. The predicted octanol–water partition coefficient (Wildman–Crippen LogP) is 5.82. The van der Waals surface area contributed by atoms with E-state index in [1.807, 2.05) is 42.5 Å². The van der Waals surface area contributed by atoms with E-state index in [9.17, 15) is 4.79 Å². The second kappa shape index (κ2) is 10.5. The summed E-state index contributed by atoms with van der Waals surface area (Å²) in [6.45, 7) is 0.555. The van der Waals surface area contributed by atoms with Gasteiger partial charge in [-0.05, 0) is 48.0 Å². The van der Waals surface area contributed by atoms with E-state index in [1.54, 1.807) is 44.0 Å². The molecule has 3 aromatic carbocycles. The van der Waals surface area contributed by atoms with Gasteiger partial charge in [-0.25, -0.2) is 19.7 Å². The number of aromatic nitrogens is 3. The van der Waals surface area contributed by atoms with Crippen molar-refractivity contribution in [2.75, 3.05) is 24.9 Å². The van der Waals surface area contributed by atoms with Crippen LogP contribution in [0.15, 0.2) is 72.2 Å². The molecule has 0 aliphatic rings. The number of nitrogens with one attached hydrogen (secondary N) is 2. The van der Waals surface area contributed by atoms with E-state index >= 15 is 0 Å². The van der Waals surface area contributed by atoms with Gasteiger partial charge in [-0.3, -0.25) is 0 Å². The van der Waals surface area contributed by atoms with Crippen LogP contribution in [0.25, 0.3) is 21.7 Å². The van der Waals surface area contributed by atoms with Crippen molar-refractivity contribution < 1.29 is 19.4 Å². The summed E-state index contributed by atoms with van der Waals surface area (Å²) in [5.41, 5.74) is 6.20. The highest BCUT2D eigenvalue weighted by molar-refractivity contribution is 7.16. The maximum atomic E-state index is 11.1. The molecule has 37 heavy (non-hydrogen) atoms. The van der Waals surface area contributed by atoms with Gasteiger partial charge < -0.3 is 25.2 Å². The molecule has 10 heteroatoms. The fourth-order valence-corrected chi connectivity index (χ4v) is 4.44. The SMILES string of the molecule is COc1ccc(Nc2nc(-c3cccc(CNc4ccc(C(=O)O)cc4)c3)nc3scnc23)cc1OC. The molecule has 0 atom stereocenters. The van der Waals surface area contributed by atoms with Gasteiger partial charge in [0.25, 0.3) is 0 Å². The third-order valence-electron chi connectivity index (χ3n) is 5.66. The first-order valence-corrected chi connectivity index (χ1v) is 12.2. The van der Waals surface area contributed by atoms with E-state index < -0.39 is 5.97 Å². The van der Waals surface area contributed by atoms with Gasteiger partial charge in [-0.1, -0.05) is 18.2 Å². The lowest BCUT2D eigenvalue weighted by Gasteiger charge is -2.12. The molecule has 5 aromatic rings. The predicted molar refractivity (Wildman–Crippen MR) is 144 cm³/mol. The normalized spacial score (nSPS) is 10.8. The molecule has 0 radical (unpaired) electrons. The highest BCUT2D eigenvalue weighted by Crippen LogP contribution is 2.33. The number of methoxy groups -OCH3 is 2. The van der Waals surface area contributed by atoms with E-state index in [0.29, 0.717) is 35.2 Å². The van der Waals surface area contributed by atoms with Crippen LogP contribution in [0.3, 0.4) is 0 Å². The summed E-state index contributed by atoms with van der Waals surface area (Å²) in [5.74, 6) is 1.47. The molecule has 0 aliphatic carbocycles. The van der Waals surface area contributed by atoms with Gasteiger partial charge in [0.05, 0.1) is 25.3 Å². The molecule has 2 heterocycles. The van der Waals surface area contributed by atoms with E-state index in [-0.39, 0.29) is 5.56 Å². The number of fused-ring (bicyclic) bond motifs is 1. The zero-order chi connectivity index (χ0) is 25.8. The van der Waals surface area contributed by atoms with Crippen molar-refractivity contribution in [3.05, 3.63) is 83.4 Å². The highest BCUT2D eigenvalue weighted by atomic mass is 32.1. The van der Waals surface area contributed by atoms with Crippen molar-refractivity contribution in [1.29, 1.82) is 0 Å². The van der Waals surface area contributed by atoms with Crippen molar-refractivity contribution in [3.63, 3.8) is 0 Å². The zero-order valence-corrected chi connectivity index (χ0v) is 20.9. The topological polar surface area (TPSA) is 118 Å². The summed E-state index contributed by atoms with van der Waals surface area (Å²) in [6, 6.07) is 20.2. The molecule has 0 aliphatic heterocycles. The fourth-order valence-electron chi connectivity index (χ4n) is 3.78. The van der Waals surface area contributed by atoms with Crippen LogP contribution < -0.4 is 20.1 Å². The second-order valence-electron chi connectivity index (χ2n) is 8.03. The lowest BCUT2D eigenvalue weighted by atomic mass is 10.1. The number of benzene rings is 3. The number of hydrogen-bond donors (Lipinski definition) is 3. The first kappa shape index (κ1) is 24.0. The quantitative estimate of drug-likeness (QED) is 0.224. The Morgan fingerprint density at radius 3 is 2.49 bits per heavy atom. The van der Waals surface area contributed by atoms with Crippen molar-refractivity contribution >= 4 is 44.8 Å². The van der Waals surface area contributed by atoms with Gasteiger partial charge >= 0.3 is 5.97 Å². The number of rotatable bonds is 9. The summed E-state index contributed by atoms with van der Waals surface area (Å²) >= 11 is 1.45. The van der Waals surface area contributed by atoms with Gasteiger partial charge in [0.1, 0.15) is 10.3 Å². The first-order valence-electron chi connectivity index (χ1n) is 11.3.